The Bertz CT molecular complexity index is 850. The molecule has 2 aromatic carbocycles. The molecule has 1 unspecified atom stereocenters. The molecule has 0 fully saturated rings. The summed E-state index contributed by atoms with van der Waals surface area (Å²) in [5.41, 5.74) is 2.78. The third kappa shape index (κ3) is 4.05. The minimum Gasteiger partial charge on any atom is -0.493 e. The normalized spacial score (nSPS) is 15.7. The molecule has 142 valence electrons. The van der Waals surface area contributed by atoms with E-state index in [1.165, 1.54) is 6.92 Å². The number of methoxy groups -OCH3 is 1. The highest BCUT2D eigenvalue weighted by Gasteiger charge is 2.33. The predicted molar refractivity (Wildman–Crippen MR) is 103 cm³/mol. The molecule has 2 aromatic rings. The van der Waals surface area contributed by atoms with Gasteiger partial charge in [-0.25, -0.2) is 0 Å². The summed E-state index contributed by atoms with van der Waals surface area (Å²) >= 11 is 0. The van der Waals surface area contributed by atoms with Gasteiger partial charge in [0.25, 0.3) is 0 Å². The number of benzene rings is 2. The molecule has 27 heavy (non-hydrogen) atoms. The molecule has 3 rings (SSSR count). The second-order valence-corrected chi connectivity index (χ2v) is 6.42. The topological polar surface area (TPSA) is 67.9 Å². The van der Waals surface area contributed by atoms with Gasteiger partial charge in [0.1, 0.15) is 6.04 Å². The minimum atomic E-state index is -0.546. The van der Waals surface area contributed by atoms with Crippen molar-refractivity contribution in [2.45, 2.75) is 32.9 Å². The maximum Gasteiger partial charge on any atom is 0.247 e. The van der Waals surface area contributed by atoms with Crippen LogP contribution in [0, 0.1) is 0 Å². The van der Waals surface area contributed by atoms with Crippen molar-refractivity contribution in [2.24, 2.45) is 0 Å². The number of rotatable bonds is 5. The first-order chi connectivity index (χ1) is 13.0. The van der Waals surface area contributed by atoms with Crippen molar-refractivity contribution in [1.29, 1.82) is 0 Å². The molecule has 1 N–H and O–H groups in total. The fraction of sp³-hybridized carbons (Fsp3) is 0.333. The fourth-order valence-electron chi connectivity index (χ4n) is 3.33. The summed E-state index contributed by atoms with van der Waals surface area (Å²) in [6.45, 7) is 4.35. The van der Waals surface area contributed by atoms with Gasteiger partial charge in [0.05, 0.1) is 13.7 Å². The van der Waals surface area contributed by atoms with Crippen LogP contribution >= 0.6 is 0 Å². The molecule has 6 nitrogen and oxygen atoms in total. The molecular formula is C21H24N2O4. The number of carbonyl (C=O) groups is 2. The van der Waals surface area contributed by atoms with Crippen molar-refractivity contribution in [3.8, 4) is 11.5 Å². The van der Waals surface area contributed by atoms with Crippen LogP contribution < -0.4 is 14.8 Å². The number of fused-ring (bicyclic) bond motifs is 1. The number of ether oxygens (including phenoxy) is 2. The van der Waals surface area contributed by atoms with E-state index in [4.69, 9.17) is 9.47 Å². The van der Waals surface area contributed by atoms with Crippen LogP contribution in [-0.2, 0) is 22.6 Å². The van der Waals surface area contributed by atoms with Crippen LogP contribution in [0.1, 0.15) is 25.0 Å². The van der Waals surface area contributed by atoms with Crippen LogP contribution in [0.4, 0.5) is 5.69 Å². The highest BCUT2D eigenvalue weighted by molar-refractivity contribution is 5.97. The molecule has 0 aliphatic carbocycles. The Labute approximate surface area is 159 Å². The van der Waals surface area contributed by atoms with Crippen molar-refractivity contribution in [3.63, 3.8) is 0 Å². The zero-order valence-electron chi connectivity index (χ0n) is 15.8. The summed E-state index contributed by atoms with van der Waals surface area (Å²) in [5.74, 6) is 0.835. The number of nitrogens with one attached hydrogen (secondary N) is 1. The lowest BCUT2D eigenvalue weighted by Crippen LogP contribution is -2.49. The van der Waals surface area contributed by atoms with Gasteiger partial charge in [0, 0.05) is 31.6 Å². The van der Waals surface area contributed by atoms with Crippen LogP contribution in [0.2, 0.25) is 0 Å². The average molecular weight is 368 g/mol. The molecule has 0 saturated carbocycles. The average Bonchev–Trinajstić information content (AvgIpc) is 2.68. The van der Waals surface area contributed by atoms with Gasteiger partial charge >= 0.3 is 0 Å². The van der Waals surface area contributed by atoms with Crippen LogP contribution in [0.25, 0.3) is 0 Å². The fourth-order valence-corrected chi connectivity index (χ4v) is 3.33. The summed E-state index contributed by atoms with van der Waals surface area (Å²) in [5, 5.41) is 2.90. The van der Waals surface area contributed by atoms with Crippen molar-refractivity contribution in [1.82, 2.24) is 4.90 Å². The minimum absolute atomic E-state index is 0.117. The zero-order chi connectivity index (χ0) is 19.4. The van der Waals surface area contributed by atoms with Gasteiger partial charge in [0.15, 0.2) is 11.5 Å². The van der Waals surface area contributed by atoms with E-state index in [1.54, 1.807) is 30.2 Å². The number of hydrogen-bond donors (Lipinski definition) is 1. The highest BCUT2D eigenvalue weighted by Crippen LogP contribution is 2.31. The lowest BCUT2D eigenvalue weighted by molar-refractivity contribution is -0.138. The Morgan fingerprint density at radius 1 is 1.15 bits per heavy atom. The summed E-state index contributed by atoms with van der Waals surface area (Å²) in [7, 11) is 1.55. The van der Waals surface area contributed by atoms with E-state index in [0.29, 0.717) is 36.8 Å². The van der Waals surface area contributed by atoms with Gasteiger partial charge in [-0.05, 0) is 30.2 Å². The Hall–Kier alpha value is -3.02. The molecule has 0 spiro atoms. The molecule has 0 aromatic heterocycles. The van der Waals surface area contributed by atoms with Crippen LogP contribution in [0.15, 0.2) is 42.5 Å². The van der Waals surface area contributed by atoms with Crippen molar-refractivity contribution >= 4 is 17.5 Å². The third-order valence-electron chi connectivity index (χ3n) is 4.69. The Kier molecular flexibility index (Phi) is 5.64. The molecular weight excluding hydrogens is 344 g/mol. The predicted octanol–water partition coefficient (Wildman–Crippen LogP) is 3.01. The third-order valence-corrected chi connectivity index (χ3v) is 4.69. The van der Waals surface area contributed by atoms with Gasteiger partial charge in [-0.2, -0.15) is 0 Å². The second-order valence-electron chi connectivity index (χ2n) is 6.42. The highest BCUT2D eigenvalue weighted by atomic mass is 16.5. The number of nitrogens with zero attached hydrogens (tertiary/aromatic N) is 1. The summed E-state index contributed by atoms with van der Waals surface area (Å²) < 4.78 is 10.8. The lowest BCUT2D eigenvalue weighted by atomic mass is 9.93. The van der Waals surface area contributed by atoms with E-state index >= 15 is 0 Å². The van der Waals surface area contributed by atoms with Gasteiger partial charge in [-0.3, -0.25) is 9.59 Å². The first-order valence-corrected chi connectivity index (χ1v) is 8.99. The smallest absolute Gasteiger partial charge is 0.247 e. The summed E-state index contributed by atoms with van der Waals surface area (Å²) in [6, 6.07) is 12.6. The number of hydrogen-bond acceptors (Lipinski definition) is 4. The molecule has 6 heteroatoms. The molecule has 1 aliphatic rings. The lowest BCUT2D eigenvalue weighted by Gasteiger charge is -2.35. The van der Waals surface area contributed by atoms with Crippen LogP contribution in [-0.4, -0.2) is 36.5 Å². The molecule has 1 heterocycles. The van der Waals surface area contributed by atoms with E-state index in [-0.39, 0.29) is 11.8 Å². The summed E-state index contributed by atoms with van der Waals surface area (Å²) in [6.07, 6.45) is 0.496. The van der Waals surface area contributed by atoms with Crippen molar-refractivity contribution in [2.75, 3.05) is 19.0 Å². The molecule has 1 aliphatic heterocycles. The second kappa shape index (κ2) is 8.12. The maximum atomic E-state index is 12.9. The Morgan fingerprint density at radius 3 is 2.56 bits per heavy atom. The molecule has 2 amide bonds. The quantitative estimate of drug-likeness (QED) is 0.881. The first kappa shape index (κ1) is 18.8. The SMILES string of the molecule is CCOc1ccc(NC(=O)C2Cc3ccccc3CN2C(C)=O)cc1OC. The number of carbonyl (C=O) groups excluding carboxylic acids is 2. The summed E-state index contributed by atoms with van der Waals surface area (Å²) in [4.78, 5) is 26.6. The van der Waals surface area contributed by atoms with E-state index in [0.717, 1.165) is 11.1 Å². The number of anilines is 1. The van der Waals surface area contributed by atoms with E-state index < -0.39 is 6.04 Å². The van der Waals surface area contributed by atoms with Gasteiger partial charge in [-0.1, -0.05) is 24.3 Å². The van der Waals surface area contributed by atoms with Gasteiger partial charge in [0.2, 0.25) is 11.8 Å². The Morgan fingerprint density at radius 2 is 1.89 bits per heavy atom. The van der Waals surface area contributed by atoms with E-state index in [9.17, 15) is 9.59 Å². The van der Waals surface area contributed by atoms with Gasteiger partial charge in [-0.15, -0.1) is 0 Å². The molecule has 0 bridgehead atoms. The largest absolute Gasteiger partial charge is 0.493 e. The maximum absolute atomic E-state index is 12.9. The molecule has 0 saturated heterocycles. The van der Waals surface area contributed by atoms with Gasteiger partial charge < -0.3 is 19.7 Å². The van der Waals surface area contributed by atoms with Crippen LogP contribution in [0.3, 0.4) is 0 Å². The van der Waals surface area contributed by atoms with Crippen LogP contribution in [0.5, 0.6) is 11.5 Å². The van der Waals surface area contributed by atoms with E-state index in [2.05, 4.69) is 5.32 Å². The standard InChI is InChI=1S/C21H24N2O4/c1-4-27-19-10-9-17(12-20(19)26-3)22-21(25)18-11-15-7-5-6-8-16(15)13-23(18)14(2)24/h5-10,12,18H,4,11,13H2,1-3H3,(H,22,25). The van der Waals surface area contributed by atoms with Crippen molar-refractivity contribution < 1.29 is 19.1 Å². The monoisotopic (exact) mass is 368 g/mol. The zero-order valence-corrected chi connectivity index (χ0v) is 15.8. The first-order valence-electron chi connectivity index (χ1n) is 8.99. The molecule has 1 atom stereocenters. The number of amides is 2. The van der Waals surface area contributed by atoms with E-state index in [1.807, 2.05) is 31.2 Å². The van der Waals surface area contributed by atoms with Crippen molar-refractivity contribution in [3.05, 3.63) is 53.6 Å². The Balaban J connectivity index is 1.81. The molecule has 0 radical (unpaired) electrons.